The first-order valence-corrected chi connectivity index (χ1v) is 6.38. The molecule has 0 aliphatic heterocycles. The molecule has 0 saturated carbocycles. The van der Waals surface area contributed by atoms with E-state index in [1.807, 2.05) is 11.3 Å². The van der Waals surface area contributed by atoms with Gasteiger partial charge in [0.25, 0.3) is 0 Å². The fraction of sp³-hybridized carbons (Fsp3) is 0.750. The van der Waals surface area contributed by atoms with Gasteiger partial charge in [-0.2, -0.15) is 0 Å². The van der Waals surface area contributed by atoms with Crippen molar-refractivity contribution >= 4 is 11.3 Å². The zero-order chi connectivity index (χ0) is 10.3. The van der Waals surface area contributed by atoms with Crippen molar-refractivity contribution in [3.8, 4) is 0 Å². The van der Waals surface area contributed by atoms with E-state index in [9.17, 15) is 0 Å². The second-order valence-corrected chi connectivity index (χ2v) is 6.05. The normalized spacial score (nSPS) is 26.6. The molecule has 1 heterocycles. The summed E-state index contributed by atoms with van der Waals surface area (Å²) >= 11 is 1.91. The maximum atomic E-state index is 4.72. The minimum absolute atomic E-state index is 0.714. The molecule has 0 N–H and O–H groups in total. The maximum absolute atomic E-state index is 4.72. The number of hydrogen-bond acceptors (Lipinski definition) is 2. The molecule has 2 heteroatoms. The summed E-state index contributed by atoms with van der Waals surface area (Å²) in [7, 11) is 0. The van der Waals surface area contributed by atoms with Gasteiger partial charge in [0, 0.05) is 10.8 Å². The summed E-state index contributed by atoms with van der Waals surface area (Å²) < 4.78 is 0. The Kier molecular flexibility index (Phi) is 2.65. The first kappa shape index (κ1) is 10.2. The van der Waals surface area contributed by atoms with Crippen molar-refractivity contribution in [2.24, 2.45) is 5.92 Å². The standard InChI is InChI=1S/C12H19NS/c1-7(2)10-6-5-8(3)12-11(10)13-9(4)14-12/h7-8,10H,5-6H2,1-4H3. The van der Waals surface area contributed by atoms with Crippen molar-refractivity contribution in [3.05, 3.63) is 15.6 Å². The zero-order valence-corrected chi connectivity index (χ0v) is 10.3. The van der Waals surface area contributed by atoms with Gasteiger partial charge in [-0.1, -0.05) is 20.8 Å². The van der Waals surface area contributed by atoms with Gasteiger partial charge in [0.05, 0.1) is 10.7 Å². The second kappa shape index (κ2) is 3.65. The summed E-state index contributed by atoms with van der Waals surface area (Å²) in [6.45, 7) is 9.11. The molecule has 0 fully saturated rings. The molecule has 14 heavy (non-hydrogen) atoms. The van der Waals surface area contributed by atoms with E-state index < -0.39 is 0 Å². The van der Waals surface area contributed by atoms with Gasteiger partial charge in [-0.3, -0.25) is 0 Å². The van der Waals surface area contributed by atoms with Crippen LogP contribution in [0.25, 0.3) is 0 Å². The molecule has 1 aromatic heterocycles. The van der Waals surface area contributed by atoms with Crippen LogP contribution >= 0.6 is 11.3 Å². The molecule has 0 bridgehead atoms. The minimum Gasteiger partial charge on any atom is -0.246 e. The Balaban J connectivity index is 2.41. The van der Waals surface area contributed by atoms with E-state index in [-0.39, 0.29) is 0 Å². The number of nitrogens with zero attached hydrogens (tertiary/aromatic N) is 1. The number of aromatic nitrogens is 1. The summed E-state index contributed by atoms with van der Waals surface area (Å²) in [4.78, 5) is 6.29. The minimum atomic E-state index is 0.714. The molecular weight excluding hydrogens is 190 g/mol. The van der Waals surface area contributed by atoms with Crippen LogP contribution in [0.5, 0.6) is 0 Å². The van der Waals surface area contributed by atoms with E-state index in [0.717, 1.165) is 11.8 Å². The van der Waals surface area contributed by atoms with Crippen molar-refractivity contribution in [1.82, 2.24) is 4.98 Å². The molecule has 1 aliphatic rings. The van der Waals surface area contributed by atoms with Crippen LogP contribution in [0.3, 0.4) is 0 Å². The highest BCUT2D eigenvalue weighted by Crippen LogP contribution is 2.44. The number of thiazole rings is 1. The van der Waals surface area contributed by atoms with Crippen LogP contribution in [0.1, 0.15) is 61.0 Å². The number of aryl methyl sites for hydroxylation is 1. The third kappa shape index (κ3) is 1.60. The Labute approximate surface area is 90.6 Å². The average Bonchev–Trinajstić information content (AvgIpc) is 2.47. The highest BCUT2D eigenvalue weighted by atomic mass is 32.1. The quantitative estimate of drug-likeness (QED) is 0.679. The van der Waals surface area contributed by atoms with Gasteiger partial charge in [0.2, 0.25) is 0 Å². The van der Waals surface area contributed by atoms with Gasteiger partial charge in [0.1, 0.15) is 0 Å². The van der Waals surface area contributed by atoms with Gasteiger partial charge in [0.15, 0.2) is 0 Å². The highest BCUT2D eigenvalue weighted by Gasteiger charge is 2.29. The lowest BCUT2D eigenvalue weighted by atomic mass is 9.79. The highest BCUT2D eigenvalue weighted by molar-refractivity contribution is 7.11. The number of rotatable bonds is 1. The summed E-state index contributed by atoms with van der Waals surface area (Å²) in [6, 6.07) is 0. The summed E-state index contributed by atoms with van der Waals surface area (Å²) in [5.74, 6) is 2.19. The Bertz CT molecular complexity index is 327. The molecule has 1 aliphatic carbocycles. The molecule has 1 aromatic rings. The van der Waals surface area contributed by atoms with Crippen molar-refractivity contribution in [2.75, 3.05) is 0 Å². The Morgan fingerprint density at radius 3 is 2.71 bits per heavy atom. The van der Waals surface area contributed by atoms with Crippen LogP contribution in [-0.4, -0.2) is 4.98 Å². The van der Waals surface area contributed by atoms with Crippen LogP contribution in [-0.2, 0) is 0 Å². The van der Waals surface area contributed by atoms with Crippen molar-refractivity contribution in [3.63, 3.8) is 0 Å². The molecule has 0 amide bonds. The molecular formula is C12H19NS. The molecule has 2 rings (SSSR count). The Hall–Kier alpha value is -0.370. The number of fused-ring (bicyclic) bond motifs is 1. The summed E-state index contributed by atoms with van der Waals surface area (Å²) in [6.07, 6.45) is 2.67. The maximum Gasteiger partial charge on any atom is 0.0900 e. The van der Waals surface area contributed by atoms with E-state index in [0.29, 0.717) is 5.92 Å². The SMILES string of the molecule is Cc1nc2c(s1)C(C)CCC2C(C)C. The van der Waals surface area contributed by atoms with Gasteiger partial charge in [-0.15, -0.1) is 11.3 Å². The monoisotopic (exact) mass is 209 g/mol. The molecule has 2 atom stereocenters. The van der Waals surface area contributed by atoms with Gasteiger partial charge >= 0.3 is 0 Å². The zero-order valence-electron chi connectivity index (χ0n) is 9.50. The predicted octanol–water partition coefficient (Wildman–Crippen LogP) is 4.09. The average molecular weight is 209 g/mol. The predicted molar refractivity (Wildman–Crippen MR) is 62.1 cm³/mol. The molecule has 0 saturated heterocycles. The van der Waals surface area contributed by atoms with E-state index >= 15 is 0 Å². The fourth-order valence-electron chi connectivity index (χ4n) is 2.42. The van der Waals surface area contributed by atoms with E-state index in [4.69, 9.17) is 4.98 Å². The third-order valence-corrected chi connectivity index (χ3v) is 4.52. The largest absolute Gasteiger partial charge is 0.246 e. The lowest BCUT2D eigenvalue weighted by Gasteiger charge is -2.28. The van der Waals surface area contributed by atoms with Gasteiger partial charge in [-0.25, -0.2) is 4.98 Å². The molecule has 0 radical (unpaired) electrons. The number of hydrogen-bond donors (Lipinski definition) is 0. The first-order valence-electron chi connectivity index (χ1n) is 5.56. The van der Waals surface area contributed by atoms with Crippen molar-refractivity contribution in [1.29, 1.82) is 0 Å². The van der Waals surface area contributed by atoms with Crippen LogP contribution in [0.15, 0.2) is 0 Å². The van der Waals surface area contributed by atoms with Gasteiger partial charge in [-0.05, 0) is 31.6 Å². The molecule has 78 valence electrons. The molecule has 0 spiro atoms. The van der Waals surface area contributed by atoms with Crippen LogP contribution in [0.4, 0.5) is 0 Å². The Morgan fingerprint density at radius 2 is 2.07 bits per heavy atom. The molecule has 0 aromatic carbocycles. The fourth-order valence-corrected chi connectivity index (χ4v) is 3.51. The molecule has 1 nitrogen and oxygen atoms in total. The third-order valence-electron chi connectivity index (χ3n) is 3.30. The van der Waals surface area contributed by atoms with Crippen molar-refractivity contribution in [2.45, 2.75) is 52.4 Å². The van der Waals surface area contributed by atoms with Gasteiger partial charge < -0.3 is 0 Å². The lowest BCUT2D eigenvalue weighted by molar-refractivity contribution is 0.406. The van der Waals surface area contributed by atoms with Crippen molar-refractivity contribution < 1.29 is 0 Å². The van der Waals surface area contributed by atoms with E-state index in [2.05, 4.69) is 27.7 Å². The van der Waals surface area contributed by atoms with Crippen LogP contribution in [0, 0.1) is 12.8 Å². The smallest absolute Gasteiger partial charge is 0.0900 e. The summed E-state index contributed by atoms with van der Waals surface area (Å²) in [5, 5.41) is 1.24. The van der Waals surface area contributed by atoms with E-state index in [1.165, 1.54) is 23.5 Å². The van der Waals surface area contributed by atoms with E-state index in [1.54, 1.807) is 4.88 Å². The van der Waals surface area contributed by atoms with Crippen LogP contribution in [0.2, 0.25) is 0 Å². The first-order chi connectivity index (χ1) is 6.59. The summed E-state index contributed by atoms with van der Waals surface area (Å²) in [5.41, 5.74) is 1.42. The molecule has 2 unspecified atom stereocenters. The Morgan fingerprint density at radius 1 is 1.36 bits per heavy atom. The topological polar surface area (TPSA) is 12.9 Å². The second-order valence-electron chi connectivity index (χ2n) is 4.81. The van der Waals surface area contributed by atoms with Crippen LogP contribution < -0.4 is 0 Å². The lowest BCUT2D eigenvalue weighted by Crippen LogP contribution is -2.15.